The molecule has 7 nitrogen and oxygen atoms in total. The van der Waals surface area contributed by atoms with E-state index in [0.29, 0.717) is 33.0 Å². The zero-order valence-electron chi connectivity index (χ0n) is 13.3. The van der Waals surface area contributed by atoms with Crippen LogP contribution < -0.4 is 5.32 Å². The normalized spacial score (nSPS) is 10.9. The number of benzene rings is 1. The fourth-order valence-corrected chi connectivity index (χ4v) is 3.04. The standard InChI is InChI=1S/C15H13BrClFN6O/c1-8-12(16)13(23(2)21-8)14(25)20-15-19-7-24(22-15)6-9-3-4-10(18)5-11(9)17/h3-5,7H,6H2,1-2H3,(H,20,22,25). The molecule has 0 saturated carbocycles. The van der Waals surface area contributed by atoms with Crippen molar-refractivity contribution in [2.75, 3.05) is 5.32 Å². The zero-order chi connectivity index (χ0) is 18.1. The lowest BCUT2D eigenvalue weighted by Crippen LogP contribution is -2.17. The minimum absolute atomic E-state index is 0.147. The van der Waals surface area contributed by atoms with Gasteiger partial charge in [-0.15, -0.1) is 5.10 Å². The summed E-state index contributed by atoms with van der Waals surface area (Å²) in [6.07, 6.45) is 1.46. The molecule has 1 aromatic carbocycles. The number of nitrogens with one attached hydrogen (secondary N) is 1. The van der Waals surface area contributed by atoms with E-state index in [1.54, 1.807) is 20.0 Å². The molecule has 3 aromatic rings. The monoisotopic (exact) mass is 426 g/mol. The summed E-state index contributed by atoms with van der Waals surface area (Å²) < 4.78 is 16.7. The van der Waals surface area contributed by atoms with E-state index < -0.39 is 5.82 Å². The minimum atomic E-state index is -0.405. The number of hydrogen-bond donors (Lipinski definition) is 1. The van der Waals surface area contributed by atoms with Gasteiger partial charge in [-0.05, 0) is 40.5 Å². The molecule has 0 aliphatic rings. The Morgan fingerprint density at radius 3 is 2.80 bits per heavy atom. The van der Waals surface area contributed by atoms with Gasteiger partial charge in [0.25, 0.3) is 5.91 Å². The number of carbonyl (C=O) groups is 1. The van der Waals surface area contributed by atoms with Gasteiger partial charge in [-0.2, -0.15) is 5.10 Å². The highest BCUT2D eigenvalue weighted by molar-refractivity contribution is 9.10. The van der Waals surface area contributed by atoms with Crippen LogP contribution in [-0.2, 0) is 13.6 Å². The van der Waals surface area contributed by atoms with Crippen molar-refractivity contribution in [1.29, 1.82) is 0 Å². The third-order valence-electron chi connectivity index (χ3n) is 3.47. The topological polar surface area (TPSA) is 77.6 Å². The van der Waals surface area contributed by atoms with Crippen LogP contribution in [0.15, 0.2) is 29.0 Å². The quantitative estimate of drug-likeness (QED) is 0.694. The van der Waals surface area contributed by atoms with Crippen LogP contribution in [-0.4, -0.2) is 30.5 Å². The maximum absolute atomic E-state index is 13.1. The molecule has 0 aliphatic heterocycles. The van der Waals surface area contributed by atoms with Gasteiger partial charge in [0, 0.05) is 12.1 Å². The largest absolute Gasteiger partial charge is 0.288 e. The van der Waals surface area contributed by atoms with E-state index in [2.05, 4.69) is 36.4 Å². The van der Waals surface area contributed by atoms with Crippen molar-refractivity contribution >= 4 is 39.4 Å². The second-order valence-electron chi connectivity index (χ2n) is 5.33. The Balaban J connectivity index is 1.74. The molecule has 3 rings (SSSR count). The van der Waals surface area contributed by atoms with Crippen molar-refractivity contribution in [3.63, 3.8) is 0 Å². The molecule has 0 bridgehead atoms. The van der Waals surface area contributed by atoms with Crippen molar-refractivity contribution in [2.45, 2.75) is 13.5 Å². The van der Waals surface area contributed by atoms with Crippen molar-refractivity contribution in [2.24, 2.45) is 7.05 Å². The molecular weight excluding hydrogens is 415 g/mol. The molecule has 0 radical (unpaired) electrons. The number of anilines is 1. The second-order valence-corrected chi connectivity index (χ2v) is 6.53. The van der Waals surface area contributed by atoms with Crippen LogP contribution >= 0.6 is 27.5 Å². The number of aryl methyl sites for hydroxylation is 2. The molecule has 0 saturated heterocycles. The summed E-state index contributed by atoms with van der Waals surface area (Å²) in [4.78, 5) is 16.4. The fourth-order valence-electron chi connectivity index (χ4n) is 2.29. The number of aromatic nitrogens is 5. The average molecular weight is 428 g/mol. The molecule has 0 unspecified atom stereocenters. The predicted octanol–water partition coefficient (Wildman–Crippen LogP) is 3.18. The van der Waals surface area contributed by atoms with E-state index in [-0.39, 0.29) is 11.9 Å². The summed E-state index contributed by atoms with van der Waals surface area (Å²) in [5.41, 5.74) is 1.77. The Labute approximate surface area is 155 Å². The molecule has 1 amide bonds. The van der Waals surface area contributed by atoms with Crippen LogP contribution in [0.2, 0.25) is 5.02 Å². The summed E-state index contributed by atoms with van der Waals surface area (Å²) >= 11 is 9.34. The first-order valence-corrected chi connectivity index (χ1v) is 8.36. The van der Waals surface area contributed by atoms with Gasteiger partial charge in [-0.1, -0.05) is 17.7 Å². The fraction of sp³-hybridized carbons (Fsp3) is 0.200. The first kappa shape index (κ1) is 17.6. The molecule has 0 aliphatic carbocycles. The van der Waals surface area contributed by atoms with Gasteiger partial charge >= 0.3 is 0 Å². The highest BCUT2D eigenvalue weighted by atomic mass is 79.9. The molecule has 0 fully saturated rings. The van der Waals surface area contributed by atoms with Crippen LogP contribution in [0.4, 0.5) is 10.3 Å². The van der Waals surface area contributed by atoms with E-state index in [1.165, 1.54) is 27.8 Å². The molecule has 1 N–H and O–H groups in total. The highest BCUT2D eigenvalue weighted by Gasteiger charge is 2.19. The van der Waals surface area contributed by atoms with Crippen LogP contribution in [0.5, 0.6) is 0 Å². The second kappa shape index (κ2) is 6.93. The van der Waals surface area contributed by atoms with E-state index in [9.17, 15) is 9.18 Å². The van der Waals surface area contributed by atoms with Crippen LogP contribution in [0.3, 0.4) is 0 Å². The number of halogens is 3. The van der Waals surface area contributed by atoms with Crippen LogP contribution in [0, 0.1) is 12.7 Å². The first-order valence-electron chi connectivity index (χ1n) is 7.19. The van der Waals surface area contributed by atoms with Gasteiger partial charge in [0.1, 0.15) is 17.8 Å². The maximum Gasteiger partial charge on any atom is 0.277 e. The smallest absolute Gasteiger partial charge is 0.277 e. The maximum atomic E-state index is 13.1. The molecule has 10 heteroatoms. The lowest BCUT2D eigenvalue weighted by molar-refractivity contribution is 0.101. The van der Waals surface area contributed by atoms with Gasteiger partial charge in [0.05, 0.1) is 16.7 Å². The minimum Gasteiger partial charge on any atom is -0.288 e. The van der Waals surface area contributed by atoms with Gasteiger partial charge < -0.3 is 0 Å². The van der Waals surface area contributed by atoms with E-state index in [4.69, 9.17) is 11.6 Å². The third kappa shape index (κ3) is 3.72. The SMILES string of the molecule is Cc1nn(C)c(C(=O)Nc2ncn(Cc3ccc(F)cc3Cl)n2)c1Br. The van der Waals surface area contributed by atoms with Crippen LogP contribution in [0.1, 0.15) is 21.7 Å². The molecule has 0 atom stereocenters. The van der Waals surface area contributed by atoms with Crippen molar-refractivity contribution in [1.82, 2.24) is 24.5 Å². The van der Waals surface area contributed by atoms with Crippen molar-refractivity contribution in [3.8, 4) is 0 Å². The van der Waals surface area contributed by atoms with Gasteiger partial charge in [-0.3, -0.25) is 14.8 Å². The summed E-state index contributed by atoms with van der Waals surface area (Å²) in [5.74, 6) is -0.640. The molecule has 130 valence electrons. The number of rotatable bonds is 4. The Hall–Kier alpha value is -2.26. The Morgan fingerprint density at radius 2 is 2.16 bits per heavy atom. The highest BCUT2D eigenvalue weighted by Crippen LogP contribution is 2.21. The van der Waals surface area contributed by atoms with Crippen molar-refractivity contribution in [3.05, 3.63) is 56.8 Å². The average Bonchev–Trinajstić information content (AvgIpc) is 3.06. The van der Waals surface area contributed by atoms with Gasteiger partial charge in [0.15, 0.2) is 0 Å². The summed E-state index contributed by atoms with van der Waals surface area (Å²) in [6.45, 7) is 2.09. The summed E-state index contributed by atoms with van der Waals surface area (Å²) in [6, 6.07) is 4.13. The Kier molecular flexibility index (Phi) is 4.87. The number of nitrogens with zero attached hydrogens (tertiary/aromatic N) is 5. The first-order chi connectivity index (χ1) is 11.8. The predicted molar refractivity (Wildman–Crippen MR) is 94.1 cm³/mol. The molecule has 25 heavy (non-hydrogen) atoms. The molecule has 2 heterocycles. The molecular formula is C15H13BrClFN6O. The Bertz CT molecular complexity index is 954. The number of hydrogen-bond acceptors (Lipinski definition) is 4. The molecule has 2 aromatic heterocycles. The van der Waals surface area contributed by atoms with E-state index in [1.807, 2.05) is 0 Å². The number of amides is 1. The number of carbonyl (C=O) groups excluding carboxylic acids is 1. The van der Waals surface area contributed by atoms with E-state index >= 15 is 0 Å². The summed E-state index contributed by atoms with van der Waals surface area (Å²) in [7, 11) is 1.68. The van der Waals surface area contributed by atoms with Crippen LogP contribution in [0.25, 0.3) is 0 Å². The van der Waals surface area contributed by atoms with Gasteiger partial charge in [0.2, 0.25) is 5.95 Å². The zero-order valence-corrected chi connectivity index (χ0v) is 15.6. The lowest BCUT2D eigenvalue weighted by Gasteiger charge is -2.04. The van der Waals surface area contributed by atoms with E-state index in [0.717, 1.165) is 0 Å². The van der Waals surface area contributed by atoms with Crippen molar-refractivity contribution < 1.29 is 9.18 Å². The Morgan fingerprint density at radius 1 is 1.40 bits per heavy atom. The molecule has 0 spiro atoms. The summed E-state index contributed by atoms with van der Waals surface area (Å²) in [5, 5.41) is 11.3. The van der Waals surface area contributed by atoms with Gasteiger partial charge in [-0.25, -0.2) is 14.1 Å². The third-order valence-corrected chi connectivity index (χ3v) is 4.77. The lowest BCUT2D eigenvalue weighted by atomic mass is 10.2.